The van der Waals surface area contributed by atoms with Crippen molar-refractivity contribution >= 4 is 29.5 Å². The predicted octanol–water partition coefficient (Wildman–Crippen LogP) is 5.23. The minimum Gasteiger partial charge on any atom is -0.467 e. The monoisotopic (exact) mass is 500 g/mol. The van der Waals surface area contributed by atoms with Crippen LogP contribution in [-0.4, -0.2) is 49.0 Å². The lowest BCUT2D eigenvalue weighted by molar-refractivity contribution is -0.144. The van der Waals surface area contributed by atoms with Crippen molar-refractivity contribution < 1.29 is 19.1 Å². The number of ether oxygens (including phenoxy) is 1. The van der Waals surface area contributed by atoms with Crippen molar-refractivity contribution in [1.29, 1.82) is 0 Å². The number of carbonyl (C=O) groups is 3. The predicted molar refractivity (Wildman–Crippen MR) is 145 cm³/mol. The average molecular weight is 501 g/mol. The van der Waals surface area contributed by atoms with Crippen LogP contribution < -0.4 is 10.6 Å². The number of esters is 1. The first kappa shape index (κ1) is 30.2. The Kier molecular flexibility index (Phi) is 15.2. The molecule has 6 nitrogen and oxygen atoms in total. The third-order valence-electron chi connectivity index (χ3n) is 5.22. The van der Waals surface area contributed by atoms with Gasteiger partial charge in [-0.05, 0) is 65.5 Å². The maximum atomic E-state index is 12.3. The van der Waals surface area contributed by atoms with Crippen LogP contribution in [0.3, 0.4) is 0 Å². The van der Waals surface area contributed by atoms with Gasteiger partial charge in [0.15, 0.2) is 0 Å². The smallest absolute Gasteiger partial charge is 0.329 e. The third-order valence-corrected chi connectivity index (χ3v) is 6.19. The first-order valence-corrected chi connectivity index (χ1v) is 13.1. The minimum atomic E-state index is -0.772. The van der Waals surface area contributed by atoms with E-state index in [1.165, 1.54) is 23.8 Å². The largest absolute Gasteiger partial charge is 0.467 e. The van der Waals surface area contributed by atoms with E-state index in [0.717, 1.165) is 31.4 Å². The summed E-state index contributed by atoms with van der Waals surface area (Å²) in [7, 11) is 1.29. The zero-order valence-corrected chi connectivity index (χ0v) is 22.5. The molecule has 0 bridgehead atoms. The molecule has 192 valence electrons. The van der Waals surface area contributed by atoms with Gasteiger partial charge in [0.25, 0.3) is 5.91 Å². The number of carbonyl (C=O) groups excluding carboxylic acids is 3. The topological polar surface area (TPSA) is 84.5 Å². The lowest BCUT2D eigenvalue weighted by Gasteiger charge is -2.16. The molecule has 2 N–H and O–H groups in total. The van der Waals surface area contributed by atoms with Crippen molar-refractivity contribution in [2.45, 2.75) is 59.4 Å². The number of allylic oxidation sites excluding steroid dienone is 5. The van der Waals surface area contributed by atoms with E-state index >= 15 is 0 Å². The van der Waals surface area contributed by atoms with Gasteiger partial charge in [-0.3, -0.25) is 9.59 Å². The first-order chi connectivity index (χ1) is 16.7. The Labute approximate surface area is 214 Å². The number of nitrogens with one attached hydrogen (secondary N) is 2. The second-order valence-electron chi connectivity index (χ2n) is 8.69. The molecule has 7 heteroatoms. The van der Waals surface area contributed by atoms with E-state index in [1.54, 1.807) is 36.0 Å². The van der Waals surface area contributed by atoms with Crippen molar-refractivity contribution in [2.24, 2.45) is 0 Å². The quantitative estimate of drug-likeness (QED) is 0.196. The normalized spacial score (nSPS) is 12.5. The van der Waals surface area contributed by atoms with E-state index in [4.69, 9.17) is 4.74 Å². The van der Waals surface area contributed by atoms with Gasteiger partial charge in [0.1, 0.15) is 6.04 Å². The molecule has 0 heterocycles. The number of amides is 2. The first-order valence-electron chi connectivity index (χ1n) is 12.0. The summed E-state index contributed by atoms with van der Waals surface area (Å²) < 4.78 is 4.82. The fourth-order valence-corrected chi connectivity index (χ4v) is 4.13. The summed E-state index contributed by atoms with van der Waals surface area (Å²) in [6.45, 7) is 8.33. The number of methoxy groups -OCH3 is 1. The van der Waals surface area contributed by atoms with Gasteiger partial charge in [-0.2, -0.15) is 11.8 Å². The van der Waals surface area contributed by atoms with Crippen LogP contribution in [0.4, 0.5) is 0 Å². The zero-order valence-electron chi connectivity index (χ0n) is 21.7. The summed E-state index contributed by atoms with van der Waals surface area (Å²) in [5.41, 5.74) is 4.55. The molecule has 0 aliphatic rings. The molecule has 0 saturated carbocycles. The molecule has 0 saturated heterocycles. The summed E-state index contributed by atoms with van der Waals surface area (Å²) in [5, 5.41) is 5.21. The van der Waals surface area contributed by atoms with Gasteiger partial charge in [0.05, 0.1) is 13.7 Å². The lowest BCUT2D eigenvalue weighted by atomic mass is 10.1. The molecular weight excluding hydrogens is 460 g/mol. The van der Waals surface area contributed by atoms with E-state index < -0.39 is 17.9 Å². The maximum Gasteiger partial charge on any atom is 0.329 e. The second kappa shape index (κ2) is 17.6. The molecule has 2 amide bonds. The highest BCUT2D eigenvalue weighted by Crippen LogP contribution is 2.13. The lowest BCUT2D eigenvalue weighted by Crippen LogP contribution is -2.47. The van der Waals surface area contributed by atoms with Crippen molar-refractivity contribution in [3.05, 3.63) is 70.8 Å². The average Bonchev–Trinajstić information content (AvgIpc) is 2.84. The maximum absolute atomic E-state index is 12.3. The Morgan fingerprint density at radius 2 is 1.57 bits per heavy atom. The second-order valence-corrected chi connectivity index (χ2v) is 9.76. The third kappa shape index (κ3) is 14.3. The zero-order chi connectivity index (χ0) is 26.1. The van der Waals surface area contributed by atoms with Crippen LogP contribution in [0.25, 0.3) is 0 Å². The molecule has 0 aromatic heterocycles. The van der Waals surface area contributed by atoms with Crippen LogP contribution >= 0.6 is 11.8 Å². The molecule has 0 spiro atoms. The van der Waals surface area contributed by atoms with Crippen LogP contribution in [0, 0.1) is 0 Å². The molecule has 1 unspecified atom stereocenters. The summed E-state index contributed by atoms with van der Waals surface area (Å²) in [6.07, 6.45) is 10.9. The van der Waals surface area contributed by atoms with Gasteiger partial charge < -0.3 is 15.4 Å². The molecule has 1 aromatic rings. The molecule has 1 aromatic carbocycles. The summed E-state index contributed by atoms with van der Waals surface area (Å²) in [4.78, 5) is 36.4. The number of benzene rings is 1. The molecule has 0 fully saturated rings. The Hall–Kier alpha value is -2.80. The molecule has 1 atom stereocenters. The van der Waals surface area contributed by atoms with E-state index in [2.05, 4.69) is 56.6 Å². The number of rotatable bonds is 15. The SMILES string of the molecule is COC(=O)C(CSCC=C(C)CCC=C(C)CCC=C(C)C)NC(=O)CNC(=O)c1ccccc1. The fourth-order valence-electron chi connectivity index (χ4n) is 3.13. The summed E-state index contributed by atoms with van der Waals surface area (Å²) >= 11 is 1.55. The highest BCUT2D eigenvalue weighted by atomic mass is 32.2. The van der Waals surface area contributed by atoms with Crippen LogP contribution in [-0.2, 0) is 14.3 Å². The van der Waals surface area contributed by atoms with Gasteiger partial charge in [0, 0.05) is 17.1 Å². The van der Waals surface area contributed by atoms with Crippen LogP contribution in [0.15, 0.2) is 65.3 Å². The summed E-state index contributed by atoms with van der Waals surface area (Å²) in [6, 6.07) is 7.87. The molecular formula is C28H40N2O4S. The number of thioether (sulfide) groups is 1. The van der Waals surface area contributed by atoms with Crippen LogP contribution in [0.2, 0.25) is 0 Å². The van der Waals surface area contributed by atoms with E-state index in [9.17, 15) is 14.4 Å². The van der Waals surface area contributed by atoms with Crippen LogP contribution in [0.5, 0.6) is 0 Å². The van der Waals surface area contributed by atoms with Crippen molar-refractivity contribution in [3.8, 4) is 0 Å². The van der Waals surface area contributed by atoms with E-state index in [-0.39, 0.29) is 12.5 Å². The summed E-state index contributed by atoms with van der Waals surface area (Å²) in [5.74, 6) is -0.164. The molecule has 0 aliphatic carbocycles. The number of hydrogen-bond donors (Lipinski definition) is 2. The van der Waals surface area contributed by atoms with Crippen molar-refractivity contribution in [2.75, 3.05) is 25.2 Å². The van der Waals surface area contributed by atoms with Gasteiger partial charge in [-0.15, -0.1) is 0 Å². The molecule has 0 radical (unpaired) electrons. The highest BCUT2D eigenvalue weighted by molar-refractivity contribution is 7.99. The van der Waals surface area contributed by atoms with Gasteiger partial charge in [-0.25, -0.2) is 4.79 Å². The van der Waals surface area contributed by atoms with E-state index in [0.29, 0.717) is 11.3 Å². The Bertz CT molecular complexity index is 903. The molecule has 1 rings (SSSR count). The minimum absolute atomic E-state index is 0.216. The Morgan fingerprint density at radius 3 is 2.20 bits per heavy atom. The highest BCUT2D eigenvalue weighted by Gasteiger charge is 2.21. The van der Waals surface area contributed by atoms with Gasteiger partial charge in [-0.1, -0.05) is 53.1 Å². The number of hydrogen-bond acceptors (Lipinski definition) is 5. The van der Waals surface area contributed by atoms with Gasteiger partial charge in [0.2, 0.25) is 5.91 Å². The van der Waals surface area contributed by atoms with Crippen molar-refractivity contribution in [3.63, 3.8) is 0 Å². The standard InChI is InChI=1S/C28H40N2O4S/c1-21(2)11-9-12-22(3)13-10-14-23(4)17-18-35-20-25(28(33)34-5)30-26(31)19-29-27(32)24-15-7-6-8-16-24/h6-8,11,13,15-17,25H,9-10,12,14,18-20H2,1-5H3,(H,29,32)(H,30,31). The van der Waals surface area contributed by atoms with E-state index in [1.807, 2.05) is 6.07 Å². The van der Waals surface area contributed by atoms with Gasteiger partial charge >= 0.3 is 5.97 Å². The molecule has 0 aliphatic heterocycles. The fraction of sp³-hybridized carbons (Fsp3) is 0.464. The van der Waals surface area contributed by atoms with Crippen molar-refractivity contribution in [1.82, 2.24) is 10.6 Å². The van der Waals surface area contributed by atoms with Crippen LogP contribution in [0.1, 0.15) is 63.7 Å². The Balaban J connectivity index is 2.39. The Morgan fingerprint density at radius 1 is 0.943 bits per heavy atom. The molecule has 35 heavy (non-hydrogen) atoms.